The zero-order valence-electron chi connectivity index (χ0n) is 11.6. The summed E-state index contributed by atoms with van der Waals surface area (Å²) in [5.41, 5.74) is 5.44. The zero-order chi connectivity index (χ0) is 14.0. The minimum atomic E-state index is -0.506. The van der Waals surface area contributed by atoms with E-state index < -0.39 is 6.04 Å². The van der Waals surface area contributed by atoms with E-state index in [1.165, 1.54) is 0 Å². The molecule has 0 radical (unpaired) electrons. The summed E-state index contributed by atoms with van der Waals surface area (Å²) in [4.78, 5) is 11.2. The molecule has 0 amide bonds. The Balaban J connectivity index is 3.52. The van der Waals surface area contributed by atoms with E-state index in [0.29, 0.717) is 13.0 Å². The van der Waals surface area contributed by atoms with Crippen molar-refractivity contribution in [1.82, 2.24) is 0 Å². The van der Waals surface area contributed by atoms with Gasteiger partial charge in [-0.25, -0.2) is 0 Å². The maximum Gasteiger partial charge on any atom is 0.322 e. The third-order valence-corrected chi connectivity index (χ3v) is 3.66. The molecular formula is C13H24N2O2S. The summed E-state index contributed by atoms with van der Waals surface area (Å²) in [5, 5.41) is 8.86. The SMILES string of the molecule is CCOC(=O)C(N)CCSCCCC(C)(C)C#N. The lowest BCUT2D eigenvalue weighted by atomic mass is 9.90. The fourth-order valence-electron chi connectivity index (χ4n) is 1.35. The Morgan fingerprint density at radius 3 is 2.72 bits per heavy atom. The van der Waals surface area contributed by atoms with Gasteiger partial charge in [-0.1, -0.05) is 0 Å². The Morgan fingerprint density at radius 2 is 2.17 bits per heavy atom. The first-order valence-corrected chi connectivity index (χ1v) is 7.49. The lowest BCUT2D eigenvalue weighted by Gasteiger charge is -2.14. The van der Waals surface area contributed by atoms with Crippen molar-refractivity contribution in [3.63, 3.8) is 0 Å². The molecule has 0 heterocycles. The normalized spacial score (nSPS) is 12.8. The molecule has 104 valence electrons. The third kappa shape index (κ3) is 8.37. The number of ether oxygens (including phenoxy) is 1. The van der Waals surface area contributed by atoms with Crippen molar-refractivity contribution < 1.29 is 9.53 Å². The Kier molecular flexibility index (Phi) is 8.86. The van der Waals surface area contributed by atoms with E-state index >= 15 is 0 Å². The summed E-state index contributed by atoms with van der Waals surface area (Å²) < 4.78 is 4.83. The van der Waals surface area contributed by atoms with Gasteiger partial charge in [0.1, 0.15) is 6.04 Å². The molecule has 4 nitrogen and oxygen atoms in total. The standard InChI is InChI=1S/C13H24N2O2S/c1-4-17-12(16)11(15)6-9-18-8-5-7-13(2,3)10-14/h11H,4-9,15H2,1-3H3. The summed E-state index contributed by atoms with van der Waals surface area (Å²) >= 11 is 1.77. The van der Waals surface area contributed by atoms with Crippen LogP contribution in [0.2, 0.25) is 0 Å². The van der Waals surface area contributed by atoms with Gasteiger partial charge in [0.25, 0.3) is 0 Å². The van der Waals surface area contributed by atoms with Crippen LogP contribution in [0.25, 0.3) is 0 Å². The summed E-state index contributed by atoms with van der Waals surface area (Å²) in [5.74, 6) is 1.54. The van der Waals surface area contributed by atoms with Crippen LogP contribution in [0.15, 0.2) is 0 Å². The van der Waals surface area contributed by atoms with Gasteiger partial charge in [-0.05, 0) is 51.5 Å². The maximum atomic E-state index is 11.2. The highest BCUT2D eigenvalue weighted by Gasteiger charge is 2.16. The van der Waals surface area contributed by atoms with Crippen molar-refractivity contribution in [2.45, 2.75) is 46.1 Å². The van der Waals surface area contributed by atoms with Crippen LogP contribution >= 0.6 is 11.8 Å². The number of nitrogens with zero attached hydrogens (tertiary/aromatic N) is 1. The molecule has 0 saturated carbocycles. The average molecular weight is 272 g/mol. The highest BCUT2D eigenvalue weighted by Crippen LogP contribution is 2.22. The largest absolute Gasteiger partial charge is 0.465 e. The lowest BCUT2D eigenvalue weighted by molar-refractivity contribution is -0.144. The molecule has 18 heavy (non-hydrogen) atoms. The van der Waals surface area contributed by atoms with Crippen LogP contribution in [-0.2, 0) is 9.53 Å². The summed E-state index contributed by atoms with van der Waals surface area (Å²) in [6.07, 6.45) is 2.56. The monoisotopic (exact) mass is 272 g/mol. The van der Waals surface area contributed by atoms with Crippen LogP contribution in [-0.4, -0.2) is 30.1 Å². The van der Waals surface area contributed by atoms with Crippen LogP contribution in [0.4, 0.5) is 0 Å². The molecule has 0 aromatic heterocycles. The van der Waals surface area contributed by atoms with Crippen LogP contribution < -0.4 is 5.73 Å². The van der Waals surface area contributed by atoms with Crippen LogP contribution in [0.1, 0.15) is 40.0 Å². The van der Waals surface area contributed by atoms with Crippen LogP contribution in [0.5, 0.6) is 0 Å². The predicted molar refractivity (Wildman–Crippen MR) is 75.2 cm³/mol. The van der Waals surface area contributed by atoms with Gasteiger partial charge in [0.15, 0.2) is 0 Å². The van der Waals surface area contributed by atoms with E-state index in [-0.39, 0.29) is 11.4 Å². The molecule has 0 rings (SSSR count). The van der Waals surface area contributed by atoms with E-state index in [1.807, 2.05) is 13.8 Å². The van der Waals surface area contributed by atoms with Crippen molar-refractivity contribution in [3.8, 4) is 6.07 Å². The Bertz CT molecular complexity index is 287. The highest BCUT2D eigenvalue weighted by atomic mass is 32.2. The minimum absolute atomic E-state index is 0.234. The molecule has 0 aromatic rings. The first kappa shape index (κ1) is 17.3. The fourth-order valence-corrected chi connectivity index (χ4v) is 2.32. The summed E-state index contributed by atoms with van der Waals surface area (Å²) in [6.45, 7) is 6.06. The van der Waals surface area contributed by atoms with E-state index in [0.717, 1.165) is 24.3 Å². The number of rotatable bonds is 9. The number of carbonyl (C=O) groups is 1. The Hall–Kier alpha value is -0.730. The van der Waals surface area contributed by atoms with Gasteiger partial charge in [-0.2, -0.15) is 17.0 Å². The number of hydrogen-bond donors (Lipinski definition) is 1. The first-order chi connectivity index (χ1) is 8.43. The quantitative estimate of drug-likeness (QED) is 0.515. The second-order valence-corrected chi connectivity index (χ2v) is 6.08. The van der Waals surface area contributed by atoms with Gasteiger partial charge in [-0.3, -0.25) is 4.79 Å². The van der Waals surface area contributed by atoms with E-state index in [9.17, 15) is 4.79 Å². The van der Waals surface area contributed by atoms with Crippen LogP contribution in [0.3, 0.4) is 0 Å². The molecular weight excluding hydrogens is 248 g/mol. The molecule has 5 heteroatoms. The Morgan fingerprint density at radius 1 is 1.50 bits per heavy atom. The molecule has 1 atom stereocenters. The molecule has 0 aromatic carbocycles. The van der Waals surface area contributed by atoms with Gasteiger partial charge in [-0.15, -0.1) is 0 Å². The van der Waals surface area contributed by atoms with Crippen molar-refractivity contribution in [1.29, 1.82) is 5.26 Å². The smallest absolute Gasteiger partial charge is 0.322 e. The molecule has 2 N–H and O–H groups in total. The van der Waals surface area contributed by atoms with Crippen molar-refractivity contribution in [2.75, 3.05) is 18.1 Å². The van der Waals surface area contributed by atoms with E-state index in [4.69, 9.17) is 15.7 Å². The predicted octanol–water partition coefficient (Wildman–Crippen LogP) is 2.33. The van der Waals surface area contributed by atoms with Gasteiger partial charge >= 0.3 is 5.97 Å². The van der Waals surface area contributed by atoms with Gasteiger partial charge < -0.3 is 10.5 Å². The second-order valence-electron chi connectivity index (χ2n) is 4.86. The number of carbonyl (C=O) groups excluding carboxylic acids is 1. The molecule has 0 aliphatic heterocycles. The molecule has 1 unspecified atom stereocenters. The number of nitriles is 1. The maximum absolute atomic E-state index is 11.2. The van der Waals surface area contributed by atoms with E-state index in [1.54, 1.807) is 18.7 Å². The highest BCUT2D eigenvalue weighted by molar-refractivity contribution is 7.99. The summed E-state index contributed by atoms with van der Waals surface area (Å²) in [6, 6.07) is 1.78. The number of thioether (sulfide) groups is 1. The number of nitrogens with two attached hydrogens (primary N) is 1. The molecule has 0 bridgehead atoms. The molecule has 0 aliphatic carbocycles. The van der Waals surface area contributed by atoms with Gasteiger partial charge in [0.2, 0.25) is 0 Å². The Labute approximate surface area is 114 Å². The molecule has 0 saturated heterocycles. The van der Waals surface area contributed by atoms with Gasteiger partial charge in [0, 0.05) is 0 Å². The van der Waals surface area contributed by atoms with Crippen molar-refractivity contribution >= 4 is 17.7 Å². The average Bonchev–Trinajstić information content (AvgIpc) is 2.33. The third-order valence-electron chi connectivity index (χ3n) is 2.56. The van der Waals surface area contributed by atoms with Crippen molar-refractivity contribution in [3.05, 3.63) is 0 Å². The lowest BCUT2D eigenvalue weighted by Crippen LogP contribution is -2.32. The number of esters is 1. The van der Waals surface area contributed by atoms with Crippen molar-refractivity contribution in [2.24, 2.45) is 11.1 Å². The molecule has 0 aliphatic rings. The molecule has 0 spiro atoms. The molecule has 0 fully saturated rings. The minimum Gasteiger partial charge on any atom is -0.465 e. The number of hydrogen-bond acceptors (Lipinski definition) is 5. The van der Waals surface area contributed by atoms with E-state index in [2.05, 4.69) is 6.07 Å². The van der Waals surface area contributed by atoms with Gasteiger partial charge in [0.05, 0.1) is 18.1 Å². The zero-order valence-corrected chi connectivity index (χ0v) is 12.4. The summed E-state index contributed by atoms with van der Waals surface area (Å²) in [7, 11) is 0. The second kappa shape index (κ2) is 9.23. The topological polar surface area (TPSA) is 76.1 Å². The first-order valence-electron chi connectivity index (χ1n) is 6.34. The van der Waals surface area contributed by atoms with Crippen LogP contribution in [0, 0.1) is 16.7 Å². The fraction of sp³-hybridized carbons (Fsp3) is 0.846.